The molecule has 0 spiro atoms. The minimum atomic E-state index is -4.36. The van der Waals surface area contributed by atoms with Gasteiger partial charge in [-0.15, -0.1) is 5.10 Å². The normalized spacial score (nSPS) is 11.6. The van der Waals surface area contributed by atoms with Crippen molar-refractivity contribution in [2.24, 2.45) is 0 Å². The third-order valence-electron chi connectivity index (χ3n) is 3.09. The van der Waals surface area contributed by atoms with Gasteiger partial charge in [-0.05, 0) is 29.8 Å². The summed E-state index contributed by atoms with van der Waals surface area (Å²) in [4.78, 5) is 4.00. The summed E-state index contributed by atoms with van der Waals surface area (Å²) in [6.07, 6.45) is 1.61. The Hall–Kier alpha value is -2.70. The van der Waals surface area contributed by atoms with Gasteiger partial charge in [0.25, 0.3) is 0 Å². The van der Waals surface area contributed by atoms with E-state index in [1.807, 2.05) is 6.07 Å². The van der Waals surface area contributed by atoms with Gasteiger partial charge in [-0.3, -0.25) is 4.98 Å². The van der Waals surface area contributed by atoms with E-state index in [2.05, 4.69) is 21.5 Å². The first kappa shape index (κ1) is 14.2. The summed E-state index contributed by atoms with van der Waals surface area (Å²) >= 11 is 0. The molecule has 0 unspecified atom stereocenters. The van der Waals surface area contributed by atoms with Crippen molar-refractivity contribution in [2.75, 3.05) is 0 Å². The Morgan fingerprint density at radius 1 is 1.14 bits per heavy atom. The molecule has 0 aliphatic heterocycles. The first-order valence-corrected chi connectivity index (χ1v) is 6.42. The van der Waals surface area contributed by atoms with Gasteiger partial charge in [0, 0.05) is 18.0 Å². The standard InChI is InChI=1S/C15H10F3N4/c16-15(17,18)13-5-1-3-11(7-13)10-22-14(9-20-21-22)12-4-2-6-19-8-12/h1-8H,10H2. The monoisotopic (exact) mass is 303 g/mol. The molecule has 0 bridgehead atoms. The molecule has 0 N–H and O–H groups in total. The summed E-state index contributed by atoms with van der Waals surface area (Å²) in [6.45, 7) is 0.171. The lowest BCUT2D eigenvalue weighted by atomic mass is 10.1. The molecule has 4 nitrogen and oxygen atoms in total. The van der Waals surface area contributed by atoms with E-state index >= 15 is 0 Å². The van der Waals surface area contributed by atoms with Crippen LogP contribution in [-0.2, 0) is 12.7 Å². The van der Waals surface area contributed by atoms with Crippen LogP contribution < -0.4 is 0 Å². The predicted molar refractivity (Wildman–Crippen MR) is 72.6 cm³/mol. The average molecular weight is 303 g/mol. The first-order valence-electron chi connectivity index (χ1n) is 6.42. The van der Waals surface area contributed by atoms with Crippen molar-refractivity contribution in [1.29, 1.82) is 0 Å². The van der Waals surface area contributed by atoms with Gasteiger partial charge in [0.15, 0.2) is 0 Å². The summed E-state index contributed by atoms with van der Waals surface area (Å²) in [5.74, 6) is 0. The maximum absolute atomic E-state index is 12.7. The molecule has 22 heavy (non-hydrogen) atoms. The second-order valence-electron chi connectivity index (χ2n) is 4.65. The number of hydrogen-bond acceptors (Lipinski definition) is 3. The zero-order valence-corrected chi connectivity index (χ0v) is 11.2. The van der Waals surface area contributed by atoms with Gasteiger partial charge in [-0.1, -0.05) is 17.3 Å². The molecule has 0 fully saturated rings. The van der Waals surface area contributed by atoms with Crippen molar-refractivity contribution in [3.05, 3.63) is 66.1 Å². The quantitative estimate of drug-likeness (QED) is 0.746. The number of alkyl halides is 3. The fourth-order valence-corrected chi connectivity index (χ4v) is 2.07. The molecular weight excluding hydrogens is 293 g/mol. The SMILES string of the molecule is FC(F)(F)c1cccc(Cn2nn[c]c2-c2cccnc2)c1. The van der Waals surface area contributed by atoms with Crippen molar-refractivity contribution < 1.29 is 13.2 Å². The Kier molecular flexibility index (Phi) is 3.62. The van der Waals surface area contributed by atoms with E-state index in [1.165, 1.54) is 10.7 Å². The van der Waals surface area contributed by atoms with E-state index in [9.17, 15) is 13.2 Å². The van der Waals surface area contributed by atoms with E-state index in [4.69, 9.17) is 0 Å². The Morgan fingerprint density at radius 3 is 2.73 bits per heavy atom. The number of rotatable bonds is 3. The van der Waals surface area contributed by atoms with Crippen molar-refractivity contribution in [2.45, 2.75) is 12.7 Å². The predicted octanol–water partition coefficient (Wildman–Crippen LogP) is 3.21. The van der Waals surface area contributed by atoms with Crippen LogP contribution in [0.3, 0.4) is 0 Å². The van der Waals surface area contributed by atoms with E-state index in [1.54, 1.807) is 24.5 Å². The fraction of sp³-hybridized carbons (Fsp3) is 0.133. The zero-order valence-electron chi connectivity index (χ0n) is 11.2. The third kappa shape index (κ3) is 2.98. The summed E-state index contributed by atoms with van der Waals surface area (Å²) in [5.41, 5.74) is 1.13. The number of nitrogens with zero attached hydrogens (tertiary/aromatic N) is 4. The summed E-state index contributed by atoms with van der Waals surface area (Å²) in [5, 5.41) is 7.59. The van der Waals surface area contributed by atoms with Gasteiger partial charge in [0.2, 0.25) is 0 Å². The number of benzene rings is 1. The Bertz CT molecular complexity index is 766. The van der Waals surface area contributed by atoms with Gasteiger partial charge < -0.3 is 0 Å². The molecule has 0 saturated heterocycles. The molecule has 0 aliphatic rings. The second-order valence-corrected chi connectivity index (χ2v) is 4.65. The molecular formula is C15H10F3N4. The van der Waals surface area contributed by atoms with Crippen LogP contribution in [0.15, 0.2) is 48.8 Å². The molecule has 111 valence electrons. The van der Waals surface area contributed by atoms with Gasteiger partial charge in [-0.25, -0.2) is 4.68 Å². The first-order chi connectivity index (χ1) is 10.5. The number of halogens is 3. The fourth-order valence-electron chi connectivity index (χ4n) is 2.07. The molecule has 1 aromatic carbocycles. The lowest BCUT2D eigenvalue weighted by Gasteiger charge is -2.10. The van der Waals surface area contributed by atoms with E-state index in [0.29, 0.717) is 11.3 Å². The number of aromatic nitrogens is 4. The lowest BCUT2D eigenvalue weighted by Crippen LogP contribution is -2.08. The van der Waals surface area contributed by atoms with Crippen LogP contribution in [0, 0.1) is 6.20 Å². The molecule has 0 amide bonds. The van der Waals surface area contributed by atoms with Crippen LogP contribution in [0.4, 0.5) is 13.2 Å². The van der Waals surface area contributed by atoms with Gasteiger partial charge in [0.1, 0.15) is 11.9 Å². The van der Waals surface area contributed by atoms with Gasteiger partial charge in [0.05, 0.1) is 12.1 Å². The topological polar surface area (TPSA) is 43.6 Å². The molecule has 3 rings (SSSR count). The third-order valence-corrected chi connectivity index (χ3v) is 3.09. The van der Waals surface area contributed by atoms with Crippen LogP contribution in [0.5, 0.6) is 0 Å². The maximum atomic E-state index is 12.7. The zero-order chi connectivity index (χ0) is 15.6. The van der Waals surface area contributed by atoms with Crippen molar-refractivity contribution in [3.8, 4) is 11.3 Å². The Labute approximate surface area is 124 Å². The highest BCUT2D eigenvalue weighted by Gasteiger charge is 2.30. The summed E-state index contributed by atoms with van der Waals surface area (Å²) < 4.78 is 39.7. The van der Waals surface area contributed by atoms with Crippen LogP contribution in [0.1, 0.15) is 11.1 Å². The smallest absolute Gasteiger partial charge is 0.264 e. The minimum Gasteiger partial charge on any atom is -0.264 e. The molecule has 7 heteroatoms. The number of pyridine rings is 1. The van der Waals surface area contributed by atoms with Crippen LogP contribution >= 0.6 is 0 Å². The average Bonchev–Trinajstić information content (AvgIpc) is 2.96. The molecule has 1 radical (unpaired) electrons. The van der Waals surface area contributed by atoms with Crippen LogP contribution in [0.25, 0.3) is 11.3 Å². The van der Waals surface area contributed by atoms with E-state index in [-0.39, 0.29) is 6.54 Å². The Morgan fingerprint density at radius 2 is 2.00 bits per heavy atom. The molecule has 2 aromatic heterocycles. The summed E-state index contributed by atoms with van der Waals surface area (Å²) in [7, 11) is 0. The van der Waals surface area contributed by atoms with Crippen LogP contribution in [0.2, 0.25) is 0 Å². The largest absolute Gasteiger partial charge is 0.416 e. The maximum Gasteiger partial charge on any atom is 0.416 e. The lowest BCUT2D eigenvalue weighted by molar-refractivity contribution is -0.137. The summed E-state index contributed by atoms with van der Waals surface area (Å²) in [6, 6.07) is 8.70. The molecule has 0 aliphatic carbocycles. The Balaban J connectivity index is 1.91. The highest BCUT2D eigenvalue weighted by molar-refractivity contribution is 5.56. The van der Waals surface area contributed by atoms with Crippen molar-refractivity contribution >= 4 is 0 Å². The van der Waals surface area contributed by atoms with E-state index < -0.39 is 11.7 Å². The van der Waals surface area contributed by atoms with Gasteiger partial charge in [-0.2, -0.15) is 13.2 Å². The minimum absolute atomic E-state index is 0.171. The second kappa shape index (κ2) is 5.59. The molecule has 2 heterocycles. The highest BCUT2D eigenvalue weighted by atomic mass is 19.4. The molecule has 0 saturated carbocycles. The molecule has 0 atom stereocenters. The van der Waals surface area contributed by atoms with Crippen molar-refractivity contribution in [3.63, 3.8) is 0 Å². The molecule has 3 aromatic rings. The van der Waals surface area contributed by atoms with Gasteiger partial charge >= 0.3 is 6.18 Å². The van der Waals surface area contributed by atoms with E-state index in [0.717, 1.165) is 17.7 Å². The van der Waals surface area contributed by atoms with Crippen molar-refractivity contribution in [1.82, 2.24) is 20.0 Å². The highest BCUT2D eigenvalue weighted by Crippen LogP contribution is 2.29. The van der Waals surface area contributed by atoms with Crippen LogP contribution in [-0.4, -0.2) is 20.0 Å². The number of hydrogen-bond donors (Lipinski definition) is 0.